The van der Waals surface area contributed by atoms with E-state index < -0.39 is 0 Å². The van der Waals surface area contributed by atoms with Crippen molar-refractivity contribution in [3.05, 3.63) is 0 Å². The van der Waals surface area contributed by atoms with Gasteiger partial charge < -0.3 is 15.0 Å². The number of nitrogens with zero attached hydrogens (tertiary/aromatic N) is 1. The topological polar surface area (TPSA) is 41.6 Å². The number of amides is 1. The third-order valence-corrected chi connectivity index (χ3v) is 4.06. The van der Waals surface area contributed by atoms with Gasteiger partial charge in [0, 0.05) is 26.2 Å². The van der Waals surface area contributed by atoms with Crippen LogP contribution in [0.3, 0.4) is 0 Å². The van der Waals surface area contributed by atoms with Crippen LogP contribution < -0.4 is 5.32 Å². The highest BCUT2D eigenvalue weighted by Gasteiger charge is 2.34. The molecule has 4 heteroatoms. The molecule has 98 valence electrons. The summed E-state index contributed by atoms with van der Waals surface area (Å²) < 4.78 is 5.68. The average molecular weight is 240 g/mol. The van der Waals surface area contributed by atoms with Crippen LogP contribution >= 0.6 is 0 Å². The lowest BCUT2D eigenvalue weighted by atomic mass is 9.95. The SMILES string of the molecule is CC(C)C1CCN(C(=O)COC2(C)CNC2)C1. The Morgan fingerprint density at radius 3 is 2.71 bits per heavy atom. The second-order valence-corrected chi connectivity index (χ2v) is 5.97. The first-order valence-electron chi connectivity index (χ1n) is 6.63. The van der Waals surface area contributed by atoms with Crippen LogP contribution in [-0.2, 0) is 9.53 Å². The van der Waals surface area contributed by atoms with Crippen molar-refractivity contribution >= 4 is 5.91 Å². The van der Waals surface area contributed by atoms with Gasteiger partial charge in [-0.3, -0.25) is 4.79 Å². The lowest BCUT2D eigenvalue weighted by Gasteiger charge is -2.39. The highest BCUT2D eigenvalue weighted by Crippen LogP contribution is 2.24. The largest absolute Gasteiger partial charge is 0.363 e. The number of nitrogens with one attached hydrogen (secondary N) is 1. The molecule has 1 amide bonds. The van der Waals surface area contributed by atoms with Gasteiger partial charge in [-0.25, -0.2) is 0 Å². The molecule has 2 heterocycles. The predicted molar refractivity (Wildman–Crippen MR) is 66.8 cm³/mol. The van der Waals surface area contributed by atoms with Crippen LogP contribution in [0.4, 0.5) is 0 Å². The molecule has 2 aliphatic heterocycles. The number of ether oxygens (including phenoxy) is 1. The summed E-state index contributed by atoms with van der Waals surface area (Å²) in [5, 5.41) is 3.17. The minimum absolute atomic E-state index is 0.118. The van der Waals surface area contributed by atoms with E-state index in [9.17, 15) is 4.79 Å². The number of hydrogen-bond acceptors (Lipinski definition) is 3. The van der Waals surface area contributed by atoms with Crippen molar-refractivity contribution in [3.63, 3.8) is 0 Å². The fraction of sp³-hybridized carbons (Fsp3) is 0.923. The smallest absolute Gasteiger partial charge is 0.248 e. The van der Waals surface area contributed by atoms with Crippen LogP contribution in [0.25, 0.3) is 0 Å². The number of carbonyl (C=O) groups is 1. The van der Waals surface area contributed by atoms with Gasteiger partial charge in [0.25, 0.3) is 0 Å². The summed E-state index contributed by atoms with van der Waals surface area (Å²) in [5.41, 5.74) is -0.118. The summed E-state index contributed by atoms with van der Waals surface area (Å²) in [5.74, 6) is 1.49. The average Bonchev–Trinajstić information content (AvgIpc) is 2.72. The maximum Gasteiger partial charge on any atom is 0.248 e. The van der Waals surface area contributed by atoms with Gasteiger partial charge in [0.15, 0.2) is 0 Å². The summed E-state index contributed by atoms with van der Waals surface area (Å²) in [6.45, 7) is 10.3. The van der Waals surface area contributed by atoms with Crippen LogP contribution in [0.5, 0.6) is 0 Å². The molecule has 0 aromatic rings. The van der Waals surface area contributed by atoms with Gasteiger partial charge in [-0.2, -0.15) is 0 Å². The molecular formula is C13H24N2O2. The molecule has 1 N–H and O–H groups in total. The Labute approximate surface area is 104 Å². The fourth-order valence-electron chi connectivity index (χ4n) is 2.46. The van der Waals surface area contributed by atoms with Crippen molar-refractivity contribution in [3.8, 4) is 0 Å². The molecule has 2 saturated heterocycles. The molecule has 2 rings (SSSR count). The molecule has 0 radical (unpaired) electrons. The van der Waals surface area contributed by atoms with E-state index >= 15 is 0 Å². The van der Waals surface area contributed by atoms with Crippen molar-refractivity contribution in [2.45, 2.75) is 32.8 Å². The zero-order valence-electron chi connectivity index (χ0n) is 11.2. The van der Waals surface area contributed by atoms with E-state index in [2.05, 4.69) is 26.1 Å². The van der Waals surface area contributed by atoms with Crippen molar-refractivity contribution in [2.75, 3.05) is 32.8 Å². The van der Waals surface area contributed by atoms with E-state index in [1.165, 1.54) is 0 Å². The van der Waals surface area contributed by atoms with Gasteiger partial charge in [-0.05, 0) is 25.2 Å². The molecule has 1 unspecified atom stereocenters. The Kier molecular flexibility index (Phi) is 3.73. The van der Waals surface area contributed by atoms with Crippen LogP contribution in [-0.4, -0.2) is 49.2 Å². The fourth-order valence-corrected chi connectivity index (χ4v) is 2.46. The van der Waals surface area contributed by atoms with E-state index in [1.807, 2.05) is 4.90 Å². The van der Waals surface area contributed by atoms with Crippen LogP contribution in [0.1, 0.15) is 27.2 Å². The minimum atomic E-state index is -0.118. The third-order valence-electron chi connectivity index (χ3n) is 4.06. The van der Waals surface area contributed by atoms with E-state index in [4.69, 9.17) is 4.74 Å². The molecule has 0 spiro atoms. The molecule has 0 bridgehead atoms. The second kappa shape index (κ2) is 4.94. The zero-order valence-corrected chi connectivity index (χ0v) is 11.2. The molecule has 0 saturated carbocycles. The lowest BCUT2D eigenvalue weighted by Crippen LogP contribution is -2.59. The molecular weight excluding hydrogens is 216 g/mol. The number of hydrogen-bond donors (Lipinski definition) is 1. The van der Waals surface area contributed by atoms with E-state index in [1.54, 1.807) is 0 Å². The highest BCUT2D eigenvalue weighted by atomic mass is 16.5. The normalized spacial score (nSPS) is 27.3. The minimum Gasteiger partial charge on any atom is -0.363 e. The third kappa shape index (κ3) is 2.99. The molecule has 0 aromatic heterocycles. The molecule has 0 aliphatic carbocycles. The van der Waals surface area contributed by atoms with Gasteiger partial charge in [-0.15, -0.1) is 0 Å². The van der Waals surface area contributed by atoms with Gasteiger partial charge in [0.2, 0.25) is 5.91 Å². The first kappa shape index (κ1) is 12.8. The summed E-state index contributed by atoms with van der Waals surface area (Å²) in [6, 6.07) is 0. The first-order valence-corrected chi connectivity index (χ1v) is 6.63. The number of likely N-dealkylation sites (tertiary alicyclic amines) is 1. The standard InChI is InChI=1S/C13H24N2O2/c1-10(2)11-4-5-15(6-11)12(16)7-17-13(3)8-14-9-13/h10-11,14H,4-9H2,1-3H3. The Morgan fingerprint density at radius 1 is 1.53 bits per heavy atom. The van der Waals surface area contributed by atoms with E-state index in [0.29, 0.717) is 11.8 Å². The maximum atomic E-state index is 12.0. The Morgan fingerprint density at radius 2 is 2.24 bits per heavy atom. The molecule has 4 nitrogen and oxygen atoms in total. The van der Waals surface area contributed by atoms with E-state index in [0.717, 1.165) is 32.6 Å². The van der Waals surface area contributed by atoms with Gasteiger partial charge in [0.1, 0.15) is 6.61 Å². The van der Waals surface area contributed by atoms with Crippen molar-refractivity contribution in [2.24, 2.45) is 11.8 Å². The molecule has 0 aromatic carbocycles. The van der Waals surface area contributed by atoms with Crippen LogP contribution in [0.15, 0.2) is 0 Å². The molecule has 2 fully saturated rings. The van der Waals surface area contributed by atoms with Crippen molar-refractivity contribution in [1.82, 2.24) is 10.2 Å². The highest BCUT2D eigenvalue weighted by molar-refractivity contribution is 5.77. The second-order valence-electron chi connectivity index (χ2n) is 5.97. The predicted octanol–water partition coefficient (Wildman–Crippen LogP) is 0.869. The van der Waals surface area contributed by atoms with Gasteiger partial charge in [-0.1, -0.05) is 13.8 Å². The van der Waals surface area contributed by atoms with Crippen LogP contribution in [0.2, 0.25) is 0 Å². The van der Waals surface area contributed by atoms with Crippen molar-refractivity contribution in [1.29, 1.82) is 0 Å². The summed E-state index contributed by atoms with van der Waals surface area (Å²) in [7, 11) is 0. The number of rotatable bonds is 4. The lowest BCUT2D eigenvalue weighted by molar-refractivity contribution is -0.145. The van der Waals surface area contributed by atoms with Crippen molar-refractivity contribution < 1.29 is 9.53 Å². The maximum absolute atomic E-state index is 12.0. The summed E-state index contributed by atoms with van der Waals surface area (Å²) >= 11 is 0. The molecule has 1 atom stereocenters. The van der Waals surface area contributed by atoms with Gasteiger partial charge >= 0.3 is 0 Å². The Hall–Kier alpha value is -0.610. The van der Waals surface area contributed by atoms with Crippen LogP contribution in [0, 0.1) is 11.8 Å². The monoisotopic (exact) mass is 240 g/mol. The zero-order chi connectivity index (χ0) is 12.5. The van der Waals surface area contributed by atoms with Gasteiger partial charge in [0.05, 0.1) is 5.60 Å². The molecule has 17 heavy (non-hydrogen) atoms. The summed E-state index contributed by atoms with van der Waals surface area (Å²) in [4.78, 5) is 13.9. The summed E-state index contributed by atoms with van der Waals surface area (Å²) in [6.07, 6.45) is 1.14. The quantitative estimate of drug-likeness (QED) is 0.793. The Bertz CT molecular complexity index is 287. The molecule has 2 aliphatic rings. The number of carbonyl (C=O) groups excluding carboxylic acids is 1. The Balaban J connectivity index is 1.73. The van der Waals surface area contributed by atoms with E-state index in [-0.39, 0.29) is 18.1 Å². The first-order chi connectivity index (χ1) is 8.00.